The van der Waals surface area contributed by atoms with Gasteiger partial charge in [0.15, 0.2) is 0 Å². The van der Waals surface area contributed by atoms with E-state index in [2.05, 4.69) is 0 Å². The van der Waals surface area contributed by atoms with Crippen molar-refractivity contribution in [1.29, 1.82) is 0 Å². The summed E-state index contributed by atoms with van der Waals surface area (Å²) in [4.78, 5) is 0. The number of hydrogen-bond acceptors (Lipinski definition) is 3. The molecule has 0 radical (unpaired) electrons. The molecular weight excluding hydrogens is 238 g/mol. The van der Waals surface area contributed by atoms with Crippen molar-refractivity contribution in [3.05, 3.63) is 0 Å². The Balaban J connectivity index is 2.72. The highest BCUT2D eigenvalue weighted by Crippen LogP contribution is 2.21. The molecule has 1 heterocycles. The molecule has 0 bridgehead atoms. The number of rotatable bonds is 5. The van der Waals surface area contributed by atoms with Crippen LogP contribution < -0.4 is 5.73 Å². The molecule has 0 aliphatic carbocycles. The van der Waals surface area contributed by atoms with Gasteiger partial charge < -0.3 is 5.73 Å². The summed E-state index contributed by atoms with van der Waals surface area (Å²) < 4.78 is 27.9. The molecule has 0 aromatic rings. The van der Waals surface area contributed by atoms with E-state index in [0.717, 1.165) is 12.8 Å². The fourth-order valence-electron chi connectivity index (χ4n) is 2.32. The molecule has 0 atom stereocenters. The van der Waals surface area contributed by atoms with Crippen LogP contribution in [-0.2, 0) is 10.2 Å². The first-order chi connectivity index (χ1) is 7.93. The third kappa shape index (κ3) is 3.40. The molecule has 1 saturated heterocycles. The monoisotopic (exact) mass is 263 g/mol. The molecule has 1 fully saturated rings. The van der Waals surface area contributed by atoms with Gasteiger partial charge in [0, 0.05) is 25.7 Å². The summed E-state index contributed by atoms with van der Waals surface area (Å²) in [6, 6.07) is 0.0113. The Morgan fingerprint density at radius 1 is 1.35 bits per heavy atom. The molecule has 0 saturated carbocycles. The van der Waals surface area contributed by atoms with E-state index >= 15 is 0 Å². The van der Waals surface area contributed by atoms with Gasteiger partial charge in [-0.15, -0.1) is 0 Å². The Bertz CT molecular complexity index is 322. The second kappa shape index (κ2) is 6.13. The van der Waals surface area contributed by atoms with Crippen LogP contribution in [0.3, 0.4) is 0 Å². The molecular formula is C11H25N3O2S. The standard InChI is InChI=1S/C11H25N3O2S/c1-4-14(10(2)3)17(15,16)13-7-5-11(9-12)6-8-13/h10-11H,4-9,12H2,1-3H3. The maximum absolute atomic E-state index is 12.4. The molecule has 0 aromatic heterocycles. The molecule has 0 amide bonds. The second-order valence-corrected chi connectivity index (χ2v) is 6.76. The minimum Gasteiger partial charge on any atom is -0.330 e. The normalized spacial score (nSPS) is 20.4. The number of piperidine rings is 1. The molecule has 6 heteroatoms. The van der Waals surface area contributed by atoms with Crippen molar-refractivity contribution in [3.63, 3.8) is 0 Å². The first kappa shape index (κ1) is 14.9. The van der Waals surface area contributed by atoms with Gasteiger partial charge in [-0.2, -0.15) is 17.0 Å². The lowest BCUT2D eigenvalue weighted by Crippen LogP contribution is -2.49. The van der Waals surface area contributed by atoms with Gasteiger partial charge >= 0.3 is 0 Å². The van der Waals surface area contributed by atoms with Crippen molar-refractivity contribution in [2.45, 2.75) is 39.7 Å². The summed E-state index contributed by atoms with van der Waals surface area (Å²) >= 11 is 0. The summed E-state index contributed by atoms with van der Waals surface area (Å²) in [7, 11) is -3.28. The van der Waals surface area contributed by atoms with Gasteiger partial charge in [-0.3, -0.25) is 0 Å². The average Bonchev–Trinajstić information content (AvgIpc) is 2.29. The number of hydrogen-bond donors (Lipinski definition) is 1. The Morgan fingerprint density at radius 3 is 2.24 bits per heavy atom. The smallest absolute Gasteiger partial charge is 0.282 e. The summed E-state index contributed by atoms with van der Waals surface area (Å²) in [6.45, 7) is 8.10. The van der Waals surface area contributed by atoms with Gasteiger partial charge in [-0.1, -0.05) is 6.92 Å². The zero-order valence-corrected chi connectivity index (χ0v) is 11.9. The minimum absolute atomic E-state index is 0.0113. The largest absolute Gasteiger partial charge is 0.330 e. The molecule has 102 valence electrons. The van der Waals surface area contributed by atoms with Gasteiger partial charge in [-0.25, -0.2) is 0 Å². The molecule has 1 aliphatic heterocycles. The van der Waals surface area contributed by atoms with Crippen LogP contribution in [0.25, 0.3) is 0 Å². The third-order valence-corrected chi connectivity index (χ3v) is 5.71. The average molecular weight is 263 g/mol. The first-order valence-corrected chi connectivity index (χ1v) is 7.80. The van der Waals surface area contributed by atoms with Crippen molar-refractivity contribution >= 4 is 10.2 Å². The van der Waals surface area contributed by atoms with Crippen LogP contribution in [0.2, 0.25) is 0 Å². The fraction of sp³-hybridized carbons (Fsp3) is 1.00. The predicted octanol–water partition coefficient (Wildman–Crippen LogP) is 0.632. The van der Waals surface area contributed by atoms with Crippen LogP contribution in [0.1, 0.15) is 33.6 Å². The highest BCUT2D eigenvalue weighted by atomic mass is 32.2. The van der Waals surface area contributed by atoms with Gasteiger partial charge in [0.25, 0.3) is 10.2 Å². The molecule has 5 nitrogen and oxygen atoms in total. The lowest BCUT2D eigenvalue weighted by Gasteiger charge is -2.35. The summed E-state index contributed by atoms with van der Waals surface area (Å²) in [5.41, 5.74) is 5.61. The summed E-state index contributed by atoms with van der Waals surface area (Å²) in [5.74, 6) is 0.482. The van der Waals surface area contributed by atoms with Crippen LogP contribution >= 0.6 is 0 Å². The van der Waals surface area contributed by atoms with Crippen molar-refractivity contribution < 1.29 is 8.42 Å². The summed E-state index contributed by atoms with van der Waals surface area (Å²) in [6.07, 6.45) is 1.76. The van der Waals surface area contributed by atoms with Crippen molar-refractivity contribution in [2.24, 2.45) is 11.7 Å². The summed E-state index contributed by atoms with van der Waals surface area (Å²) in [5, 5.41) is 0. The Kier molecular flexibility index (Phi) is 5.37. The van der Waals surface area contributed by atoms with Crippen molar-refractivity contribution in [1.82, 2.24) is 8.61 Å². The fourth-order valence-corrected chi connectivity index (χ4v) is 4.15. The van der Waals surface area contributed by atoms with Gasteiger partial charge in [0.2, 0.25) is 0 Å². The van der Waals surface area contributed by atoms with Gasteiger partial charge in [0.05, 0.1) is 0 Å². The van der Waals surface area contributed by atoms with Crippen molar-refractivity contribution in [2.75, 3.05) is 26.2 Å². The van der Waals surface area contributed by atoms with E-state index in [9.17, 15) is 8.42 Å². The molecule has 0 spiro atoms. The molecule has 1 aliphatic rings. The van der Waals surface area contributed by atoms with Crippen LogP contribution in [0.15, 0.2) is 0 Å². The van der Waals surface area contributed by atoms with Crippen LogP contribution in [0.4, 0.5) is 0 Å². The van der Waals surface area contributed by atoms with E-state index in [1.807, 2.05) is 20.8 Å². The zero-order chi connectivity index (χ0) is 13.1. The maximum Gasteiger partial charge on any atom is 0.282 e. The van der Waals surface area contributed by atoms with E-state index in [4.69, 9.17) is 5.73 Å². The predicted molar refractivity (Wildman–Crippen MR) is 69.8 cm³/mol. The molecule has 17 heavy (non-hydrogen) atoms. The highest BCUT2D eigenvalue weighted by molar-refractivity contribution is 7.86. The first-order valence-electron chi connectivity index (χ1n) is 6.40. The maximum atomic E-state index is 12.4. The lowest BCUT2D eigenvalue weighted by atomic mass is 9.99. The van der Waals surface area contributed by atoms with Gasteiger partial charge in [0.1, 0.15) is 0 Å². The van der Waals surface area contributed by atoms with Crippen molar-refractivity contribution in [3.8, 4) is 0 Å². The number of nitrogens with zero attached hydrogens (tertiary/aromatic N) is 2. The topological polar surface area (TPSA) is 66.6 Å². The SMILES string of the molecule is CCN(C(C)C)S(=O)(=O)N1CCC(CN)CC1. The molecule has 0 aromatic carbocycles. The van der Waals surface area contributed by atoms with E-state index in [-0.39, 0.29) is 6.04 Å². The van der Waals surface area contributed by atoms with Crippen LogP contribution in [0, 0.1) is 5.92 Å². The van der Waals surface area contributed by atoms with E-state index < -0.39 is 10.2 Å². The minimum atomic E-state index is -3.28. The van der Waals surface area contributed by atoms with E-state index in [0.29, 0.717) is 32.1 Å². The third-order valence-electron chi connectivity index (χ3n) is 3.42. The number of nitrogens with two attached hydrogens (primary N) is 1. The van der Waals surface area contributed by atoms with Crippen LogP contribution in [-0.4, -0.2) is 49.2 Å². The lowest BCUT2D eigenvalue weighted by molar-refractivity contribution is 0.249. The quantitative estimate of drug-likeness (QED) is 0.791. The zero-order valence-electron chi connectivity index (χ0n) is 11.1. The molecule has 0 unspecified atom stereocenters. The van der Waals surface area contributed by atoms with Gasteiger partial charge in [-0.05, 0) is 39.2 Å². The molecule has 1 rings (SSSR count). The highest BCUT2D eigenvalue weighted by Gasteiger charge is 2.32. The Hall–Kier alpha value is -0.170. The van der Waals surface area contributed by atoms with Crippen LogP contribution in [0.5, 0.6) is 0 Å². The Labute approximate surface area is 105 Å². The second-order valence-electron chi connectivity index (χ2n) is 4.88. The molecule has 2 N–H and O–H groups in total. The Morgan fingerprint density at radius 2 is 1.88 bits per heavy atom. The van der Waals surface area contributed by atoms with E-state index in [1.165, 1.54) is 0 Å². The van der Waals surface area contributed by atoms with E-state index in [1.54, 1.807) is 8.61 Å².